The zero-order valence-corrected chi connectivity index (χ0v) is 6.62. The number of rotatable bonds is 2. The Hall–Kier alpha value is 0.370. The SMILES string of the molecule is O=[C]C/C(Br)=C/Br. The summed E-state index contributed by atoms with van der Waals surface area (Å²) in [5.41, 5.74) is 0. The van der Waals surface area contributed by atoms with Gasteiger partial charge in [-0.25, -0.2) is 0 Å². The third-order valence-electron chi connectivity index (χ3n) is 0.359. The Labute approximate surface area is 59.0 Å². The van der Waals surface area contributed by atoms with Crippen molar-refractivity contribution in [2.45, 2.75) is 6.42 Å². The average molecular weight is 227 g/mol. The number of allylic oxidation sites excluding steroid dienone is 1. The van der Waals surface area contributed by atoms with Crippen LogP contribution in [0.5, 0.6) is 0 Å². The molecule has 0 bridgehead atoms. The van der Waals surface area contributed by atoms with Crippen LogP contribution in [-0.4, -0.2) is 6.29 Å². The summed E-state index contributed by atoms with van der Waals surface area (Å²) in [6.07, 6.45) is 2.05. The lowest BCUT2D eigenvalue weighted by Crippen LogP contribution is -1.68. The van der Waals surface area contributed by atoms with Gasteiger partial charge in [0, 0.05) is 10.9 Å². The van der Waals surface area contributed by atoms with Crippen LogP contribution in [0.25, 0.3) is 0 Å². The van der Waals surface area contributed by atoms with Crippen molar-refractivity contribution in [2.24, 2.45) is 0 Å². The van der Waals surface area contributed by atoms with E-state index in [4.69, 9.17) is 0 Å². The van der Waals surface area contributed by atoms with Gasteiger partial charge in [0.15, 0.2) is 0 Å². The second-order valence-corrected chi connectivity index (χ2v) is 2.35. The van der Waals surface area contributed by atoms with Crippen LogP contribution in [0.15, 0.2) is 9.47 Å². The van der Waals surface area contributed by atoms with Crippen LogP contribution in [0.4, 0.5) is 0 Å². The smallest absolute Gasteiger partial charge is 0.203 e. The third-order valence-corrected chi connectivity index (χ3v) is 2.04. The maximum atomic E-state index is 9.56. The van der Waals surface area contributed by atoms with Crippen LogP contribution >= 0.6 is 31.9 Å². The van der Waals surface area contributed by atoms with Gasteiger partial charge >= 0.3 is 0 Å². The molecule has 3 heteroatoms. The van der Waals surface area contributed by atoms with Gasteiger partial charge in [-0.1, -0.05) is 31.9 Å². The summed E-state index contributed by atoms with van der Waals surface area (Å²) in [7, 11) is 0. The van der Waals surface area contributed by atoms with E-state index in [0.717, 1.165) is 4.48 Å². The Morgan fingerprint density at radius 1 is 1.86 bits per heavy atom. The molecule has 0 aromatic heterocycles. The molecule has 0 aliphatic rings. The predicted molar refractivity (Wildman–Crippen MR) is 36.2 cm³/mol. The Morgan fingerprint density at radius 3 is 2.57 bits per heavy atom. The topological polar surface area (TPSA) is 17.1 Å². The summed E-state index contributed by atoms with van der Waals surface area (Å²) in [6, 6.07) is 0. The molecule has 1 nitrogen and oxygen atoms in total. The molecule has 0 amide bonds. The number of hydrogen-bond acceptors (Lipinski definition) is 1. The second-order valence-electron chi connectivity index (χ2n) is 0.877. The maximum Gasteiger partial charge on any atom is 0.203 e. The lowest BCUT2D eigenvalue weighted by Gasteiger charge is -1.79. The fourth-order valence-electron chi connectivity index (χ4n) is 0.108. The van der Waals surface area contributed by atoms with E-state index in [-0.39, 0.29) is 0 Å². The fraction of sp³-hybridized carbons (Fsp3) is 0.250. The van der Waals surface area contributed by atoms with Crippen molar-refractivity contribution in [3.8, 4) is 0 Å². The van der Waals surface area contributed by atoms with E-state index in [1.54, 1.807) is 11.3 Å². The molecule has 0 aromatic rings. The van der Waals surface area contributed by atoms with Gasteiger partial charge in [0.2, 0.25) is 6.29 Å². The van der Waals surface area contributed by atoms with E-state index in [1.807, 2.05) is 0 Å². The van der Waals surface area contributed by atoms with Crippen molar-refractivity contribution in [1.29, 1.82) is 0 Å². The zero-order chi connectivity index (χ0) is 5.70. The fourth-order valence-corrected chi connectivity index (χ4v) is 0.384. The molecule has 1 radical (unpaired) electrons. The average Bonchev–Trinajstić information content (AvgIpc) is 1.68. The maximum absolute atomic E-state index is 9.56. The van der Waals surface area contributed by atoms with Gasteiger partial charge in [-0.05, 0) is 4.99 Å². The molecule has 0 aliphatic carbocycles. The lowest BCUT2D eigenvalue weighted by molar-refractivity contribution is 0.556. The molecule has 0 heterocycles. The molecule has 0 unspecified atom stereocenters. The van der Waals surface area contributed by atoms with Crippen molar-refractivity contribution in [2.75, 3.05) is 0 Å². The van der Waals surface area contributed by atoms with Crippen LogP contribution in [0.3, 0.4) is 0 Å². The summed E-state index contributed by atoms with van der Waals surface area (Å²) in [4.78, 5) is 11.2. The third kappa shape index (κ3) is 4.22. The molecule has 0 spiro atoms. The molecule has 0 saturated carbocycles. The Kier molecular flexibility index (Phi) is 4.77. The van der Waals surface area contributed by atoms with Crippen molar-refractivity contribution in [3.05, 3.63) is 9.47 Å². The van der Waals surface area contributed by atoms with E-state index in [1.165, 1.54) is 0 Å². The summed E-state index contributed by atoms with van der Waals surface area (Å²) >= 11 is 6.12. The molecule has 7 heavy (non-hydrogen) atoms. The number of carbonyl (C=O) groups excluding carboxylic acids is 1. The molecular formula is C4H3Br2O. The first-order valence-electron chi connectivity index (χ1n) is 1.61. The Morgan fingerprint density at radius 2 is 2.43 bits per heavy atom. The normalized spacial score (nSPS) is 11.4. The first kappa shape index (κ1) is 7.37. The molecular weight excluding hydrogens is 224 g/mol. The highest BCUT2D eigenvalue weighted by Gasteiger charge is 1.84. The van der Waals surface area contributed by atoms with E-state index < -0.39 is 0 Å². The summed E-state index contributed by atoms with van der Waals surface area (Å²) < 4.78 is 0.808. The van der Waals surface area contributed by atoms with Crippen molar-refractivity contribution >= 4 is 38.1 Å². The summed E-state index contributed by atoms with van der Waals surface area (Å²) in [6.45, 7) is 0. The molecule has 0 atom stereocenters. The first-order chi connectivity index (χ1) is 3.31. The summed E-state index contributed by atoms with van der Waals surface area (Å²) in [5.74, 6) is 0. The molecule has 0 saturated heterocycles. The minimum atomic E-state index is 0.325. The van der Waals surface area contributed by atoms with E-state index in [0.29, 0.717) is 6.42 Å². The van der Waals surface area contributed by atoms with Crippen molar-refractivity contribution < 1.29 is 4.79 Å². The molecule has 0 N–H and O–H groups in total. The quantitative estimate of drug-likeness (QED) is 0.705. The lowest BCUT2D eigenvalue weighted by atomic mass is 10.5. The number of halogens is 2. The van der Waals surface area contributed by atoms with Gasteiger partial charge in [-0.3, -0.25) is 4.79 Å². The predicted octanol–water partition coefficient (Wildman–Crippen LogP) is 2.12. The van der Waals surface area contributed by atoms with E-state index >= 15 is 0 Å². The Balaban J connectivity index is 3.36. The van der Waals surface area contributed by atoms with Crippen LogP contribution in [0.2, 0.25) is 0 Å². The monoisotopic (exact) mass is 225 g/mol. The van der Waals surface area contributed by atoms with Gasteiger partial charge in [0.25, 0.3) is 0 Å². The standard InChI is InChI=1S/C4H3Br2O/c5-3-4(6)1-2-7/h3H,1H2/b4-3-. The Bertz CT molecular complexity index is 87.7. The minimum Gasteiger partial charge on any atom is -0.290 e. The number of hydrogen-bond donors (Lipinski definition) is 0. The molecule has 39 valence electrons. The summed E-state index contributed by atoms with van der Waals surface area (Å²) in [5, 5.41) is 0. The van der Waals surface area contributed by atoms with E-state index in [2.05, 4.69) is 31.9 Å². The van der Waals surface area contributed by atoms with Crippen molar-refractivity contribution in [3.63, 3.8) is 0 Å². The highest BCUT2D eigenvalue weighted by atomic mass is 79.9. The highest BCUT2D eigenvalue weighted by Crippen LogP contribution is 2.09. The van der Waals surface area contributed by atoms with Crippen LogP contribution in [-0.2, 0) is 4.79 Å². The van der Waals surface area contributed by atoms with Crippen LogP contribution < -0.4 is 0 Å². The highest BCUT2D eigenvalue weighted by molar-refractivity contribution is 9.14. The second kappa shape index (κ2) is 4.53. The minimum absolute atomic E-state index is 0.325. The molecule has 0 aromatic carbocycles. The molecule has 0 aliphatic heterocycles. The van der Waals surface area contributed by atoms with Gasteiger partial charge in [-0.15, -0.1) is 0 Å². The van der Waals surface area contributed by atoms with Crippen LogP contribution in [0.1, 0.15) is 6.42 Å². The first-order valence-corrected chi connectivity index (χ1v) is 3.32. The molecule has 0 fully saturated rings. The van der Waals surface area contributed by atoms with Gasteiger partial charge in [-0.2, -0.15) is 0 Å². The van der Waals surface area contributed by atoms with Gasteiger partial charge < -0.3 is 0 Å². The van der Waals surface area contributed by atoms with Crippen LogP contribution in [0, 0.1) is 0 Å². The van der Waals surface area contributed by atoms with E-state index in [9.17, 15) is 4.79 Å². The molecule has 0 rings (SSSR count). The largest absolute Gasteiger partial charge is 0.290 e. The zero-order valence-electron chi connectivity index (χ0n) is 3.45. The van der Waals surface area contributed by atoms with Gasteiger partial charge in [0.05, 0.1) is 0 Å². The van der Waals surface area contributed by atoms with Gasteiger partial charge in [0.1, 0.15) is 0 Å². The van der Waals surface area contributed by atoms with Crippen molar-refractivity contribution in [1.82, 2.24) is 0 Å².